The Morgan fingerprint density at radius 2 is 1.80 bits per heavy atom. The van der Waals surface area contributed by atoms with Crippen molar-refractivity contribution >= 4 is 43.8 Å². The van der Waals surface area contributed by atoms with Crippen molar-refractivity contribution in [1.82, 2.24) is 0 Å². The number of carbonyl (C=O) groups excluding carboxylic acids is 1. The predicted molar refractivity (Wildman–Crippen MR) is 80.4 cm³/mol. The number of nitro groups is 1. The van der Waals surface area contributed by atoms with Crippen LogP contribution in [-0.4, -0.2) is 11.2 Å². The topological polar surface area (TPSA) is 69.4 Å². The van der Waals surface area contributed by atoms with Gasteiger partial charge < -0.3 is 4.74 Å². The largest absolute Gasteiger partial charge is 0.455 e. The highest BCUT2D eigenvalue weighted by atomic mass is 79.9. The van der Waals surface area contributed by atoms with E-state index in [0.29, 0.717) is 16.5 Å². The van der Waals surface area contributed by atoms with E-state index in [0.717, 1.165) is 4.47 Å². The third kappa shape index (κ3) is 3.23. The summed E-state index contributed by atoms with van der Waals surface area (Å²) < 4.78 is 7.17. The zero-order valence-corrected chi connectivity index (χ0v) is 13.0. The standard InChI is InChI=1S/C13H7Br2NO4/c14-9-1-3-13(11(15)6-9)20-12-4-2-10(16(18)19)5-8(12)7-17/h1-7H. The summed E-state index contributed by atoms with van der Waals surface area (Å²) >= 11 is 6.66. The zero-order chi connectivity index (χ0) is 14.7. The highest BCUT2D eigenvalue weighted by molar-refractivity contribution is 9.11. The molecule has 0 aliphatic rings. The first-order valence-corrected chi connectivity index (χ1v) is 6.96. The first kappa shape index (κ1) is 14.7. The molecular formula is C13H7Br2NO4. The van der Waals surface area contributed by atoms with Gasteiger partial charge in [0.1, 0.15) is 11.5 Å². The molecular weight excluding hydrogens is 394 g/mol. The fourth-order valence-electron chi connectivity index (χ4n) is 1.51. The third-order valence-corrected chi connectivity index (χ3v) is 3.56. The van der Waals surface area contributed by atoms with Gasteiger partial charge in [0.25, 0.3) is 5.69 Å². The summed E-state index contributed by atoms with van der Waals surface area (Å²) in [5.74, 6) is 0.763. The van der Waals surface area contributed by atoms with E-state index in [2.05, 4.69) is 31.9 Å². The van der Waals surface area contributed by atoms with Gasteiger partial charge in [-0.2, -0.15) is 0 Å². The van der Waals surface area contributed by atoms with Gasteiger partial charge in [0, 0.05) is 16.6 Å². The summed E-state index contributed by atoms with van der Waals surface area (Å²) in [5, 5.41) is 10.7. The summed E-state index contributed by atoms with van der Waals surface area (Å²) in [6.07, 6.45) is 0.523. The number of aldehydes is 1. The Labute approximate surface area is 131 Å². The van der Waals surface area contributed by atoms with Gasteiger partial charge in [0.2, 0.25) is 0 Å². The van der Waals surface area contributed by atoms with Crippen LogP contribution in [0.4, 0.5) is 5.69 Å². The van der Waals surface area contributed by atoms with Crippen LogP contribution < -0.4 is 4.74 Å². The number of hydrogen-bond donors (Lipinski definition) is 0. The van der Waals surface area contributed by atoms with Crippen molar-refractivity contribution in [3.8, 4) is 11.5 Å². The van der Waals surface area contributed by atoms with Gasteiger partial charge in [-0.15, -0.1) is 0 Å². The lowest BCUT2D eigenvalue weighted by Crippen LogP contribution is -1.94. The summed E-state index contributed by atoms with van der Waals surface area (Å²) in [6.45, 7) is 0. The monoisotopic (exact) mass is 399 g/mol. The Hall–Kier alpha value is -1.73. The second kappa shape index (κ2) is 6.15. The van der Waals surface area contributed by atoms with Crippen molar-refractivity contribution in [2.24, 2.45) is 0 Å². The molecule has 20 heavy (non-hydrogen) atoms. The molecule has 0 spiro atoms. The van der Waals surface area contributed by atoms with E-state index in [1.165, 1.54) is 18.2 Å². The van der Waals surface area contributed by atoms with Gasteiger partial charge >= 0.3 is 0 Å². The van der Waals surface area contributed by atoms with Crippen molar-refractivity contribution in [1.29, 1.82) is 0 Å². The Kier molecular flexibility index (Phi) is 4.51. The van der Waals surface area contributed by atoms with Gasteiger partial charge in [-0.25, -0.2) is 0 Å². The van der Waals surface area contributed by atoms with E-state index < -0.39 is 4.92 Å². The van der Waals surface area contributed by atoms with Crippen LogP contribution in [0.2, 0.25) is 0 Å². The van der Waals surface area contributed by atoms with Crippen LogP contribution >= 0.6 is 31.9 Å². The second-order valence-electron chi connectivity index (χ2n) is 3.77. The van der Waals surface area contributed by atoms with Crippen LogP contribution in [0.25, 0.3) is 0 Å². The van der Waals surface area contributed by atoms with Crippen LogP contribution in [0, 0.1) is 10.1 Å². The molecule has 0 saturated heterocycles. The van der Waals surface area contributed by atoms with Crippen molar-refractivity contribution in [2.75, 3.05) is 0 Å². The molecule has 102 valence electrons. The van der Waals surface area contributed by atoms with Crippen molar-refractivity contribution in [2.45, 2.75) is 0 Å². The van der Waals surface area contributed by atoms with Crippen LogP contribution in [0.1, 0.15) is 10.4 Å². The average Bonchev–Trinajstić information content (AvgIpc) is 2.42. The fourth-order valence-corrected chi connectivity index (χ4v) is 2.64. The van der Waals surface area contributed by atoms with Crippen molar-refractivity contribution in [3.63, 3.8) is 0 Å². The molecule has 0 N–H and O–H groups in total. The maximum absolute atomic E-state index is 11.0. The molecule has 0 saturated carbocycles. The van der Waals surface area contributed by atoms with Crippen molar-refractivity contribution < 1.29 is 14.5 Å². The Morgan fingerprint density at radius 3 is 2.40 bits per heavy atom. The number of nitrogens with zero attached hydrogens (tertiary/aromatic N) is 1. The maximum atomic E-state index is 11.0. The number of rotatable bonds is 4. The minimum atomic E-state index is -0.563. The summed E-state index contributed by atoms with van der Waals surface area (Å²) in [7, 11) is 0. The van der Waals surface area contributed by atoms with Crippen LogP contribution in [-0.2, 0) is 0 Å². The highest BCUT2D eigenvalue weighted by Gasteiger charge is 2.13. The fraction of sp³-hybridized carbons (Fsp3) is 0. The van der Waals surface area contributed by atoms with Crippen LogP contribution in [0.5, 0.6) is 11.5 Å². The molecule has 0 atom stereocenters. The van der Waals surface area contributed by atoms with Gasteiger partial charge in [-0.3, -0.25) is 14.9 Å². The molecule has 0 aliphatic carbocycles. The third-order valence-electron chi connectivity index (χ3n) is 2.44. The summed E-state index contributed by atoms with van der Waals surface area (Å²) in [5.41, 5.74) is -0.0386. The molecule has 2 aromatic carbocycles. The summed E-state index contributed by atoms with van der Waals surface area (Å²) in [6, 6.07) is 9.15. The molecule has 0 aliphatic heterocycles. The van der Waals surface area contributed by atoms with E-state index in [-0.39, 0.29) is 17.0 Å². The van der Waals surface area contributed by atoms with Gasteiger partial charge in [0.05, 0.1) is 15.0 Å². The van der Waals surface area contributed by atoms with Crippen LogP contribution in [0.3, 0.4) is 0 Å². The van der Waals surface area contributed by atoms with E-state index in [9.17, 15) is 14.9 Å². The normalized spacial score (nSPS) is 10.1. The number of benzene rings is 2. The Balaban J connectivity index is 2.38. The number of ether oxygens (including phenoxy) is 1. The lowest BCUT2D eigenvalue weighted by molar-refractivity contribution is -0.384. The Bertz CT molecular complexity index is 688. The molecule has 0 unspecified atom stereocenters. The smallest absolute Gasteiger partial charge is 0.270 e. The predicted octanol–water partition coefficient (Wildman–Crippen LogP) is 4.72. The molecule has 0 heterocycles. The molecule has 2 aromatic rings. The van der Waals surface area contributed by atoms with E-state index in [1.807, 2.05) is 0 Å². The molecule has 0 radical (unpaired) electrons. The van der Waals surface area contributed by atoms with E-state index in [1.54, 1.807) is 18.2 Å². The number of nitro benzene ring substituents is 1. The maximum Gasteiger partial charge on any atom is 0.270 e. The molecule has 0 aromatic heterocycles. The molecule has 2 rings (SSSR count). The zero-order valence-electron chi connectivity index (χ0n) is 9.88. The number of halogens is 2. The Morgan fingerprint density at radius 1 is 1.10 bits per heavy atom. The first-order valence-electron chi connectivity index (χ1n) is 5.38. The minimum Gasteiger partial charge on any atom is -0.455 e. The molecule has 0 amide bonds. The molecule has 0 bridgehead atoms. The summed E-state index contributed by atoms with van der Waals surface area (Å²) in [4.78, 5) is 21.1. The van der Waals surface area contributed by atoms with E-state index >= 15 is 0 Å². The first-order chi connectivity index (χ1) is 9.51. The quantitative estimate of drug-likeness (QED) is 0.422. The lowest BCUT2D eigenvalue weighted by atomic mass is 10.2. The lowest BCUT2D eigenvalue weighted by Gasteiger charge is -2.09. The van der Waals surface area contributed by atoms with Gasteiger partial charge in [0.15, 0.2) is 6.29 Å². The SMILES string of the molecule is O=Cc1cc([N+](=O)[O-])ccc1Oc1ccc(Br)cc1Br. The average molecular weight is 401 g/mol. The number of hydrogen-bond acceptors (Lipinski definition) is 4. The highest BCUT2D eigenvalue weighted by Crippen LogP contribution is 2.34. The minimum absolute atomic E-state index is 0.119. The second-order valence-corrected chi connectivity index (χ2v) is 5.54. The molecule has 0 fully saturated rings. The van der Waals surface area contributed by atoms with Crippen molar-refractivity contribution in [3.05, 3.63) is 61.0 Å². The molecule has 5 nitrogen and oxygen atoms in total. The number of non-ortho nitro benzene ring substituents is 1. The van der Waals surface area contributed by atoms with Gasteiger partial charge in [-0.1, -0.05) is 15.9 Å². The van der Waals surface area contributed by atoms with Gasteiger partial charge in [-0.05, 0) is 40.2 Å². The number of carbonyl (C=O) groups is 1. The van der Waals surface area contributed by atoms with E-state index in [4.69, 9.17) is 4.74 Å². The van der Waals surface area contributed by atoms with Crippen LogP contribution in [0.15, 0.2) is 45.3 Å². The molecule has 7 heteroatoms.